The van der Waals surface area contributed by atoms with Crippen molar-refractivity contribution in [1.29, 1.82) is 0 Å². The molecule has 43 heavy (non-hydrogen) atoms. The first-order valence-electron chi connectivity index (χ1n) is 14.4. The number of nitrogens with zero attached hydrogens (tertiary/aromatic N) is 7. The maximum absolute atomic E-state index is 12.5. The van der Waals surface area contributed by atoms with Crippen LogP contribution in [0.3, 0.4) is 0 Å². The summed E-state index contributed by atoms with van der Waals surface area (Å²) in [5, 5.41) is 30.4. The van der Waals surface area contributed by atoms with Gasteiger partial charge in [-0.25, -0.2) is 23.4 Å². The summed E-state index contributed by atoms with van der Waals surface area (Å²) < 4.78 is 26.1. The fourth-order valence-corrected chi connectivity index (χ4v) is 6.59. The van der Waals surface area contributed by atoms with Crippen LogP contribution in [0, 0.1) is 5.92 Å². The van der Waals surface area contributed by atoms with Crippen LogP contribution in [0.1, 0.15) is 58.1 Å². The normalized spacial score (nSPS) is 19.3. The molecule has 4 N–H and O–H groups in total. The van der Waals surface area contributed by atoms with E-state index in [-0.39, 0.29) is 17.9 Å². The van der Waals surface area contributed by atoms with Crippen molar-refractivity contribution in [2.75, 3.05) is 17.2 Å². The van der Waals surface area contributed by atoms with E-state index in [1.807, 2.05) is 6.07 Å². The van der Waals surface area contributed by atoms with Crippen LogP contribution in [-0.2, 0) is 15.6 Å². The van der Waals surface area contributed by atoms with Crippen LogP contribution in [0.25, 0.3) is 22.6 Å². The van der Waals surface area contributed by atoms with Crippen molar-refractivity contribution < 1.29 is 18.6 Å². The first-order chi connectivity index (χ1) is 20.6. The lowest BCUT2D eigenvalue weighted by Crippen LogP contribution is -2.27. The number of aliphatic hydroxyl groups is 2. The number of hydrogen-bond donors (Lipinski definition) is 4. The Hall–Kier alpha value is -4.01. The fraction of sp³-hybridized carbons (Fsp3) is 0.448. The largest absolute Gasteiger partial charge is 0.396 e. The number of rotatable bonds is 10. The van der Waals surface area contributed by atoms with Gasteiger partial charge in [0.15, 0.2) is 5.82 Å². The third kappa shape index (κ3) is 6.50. The molecule has 0 radical (unpaired) electrons. The molecule has 226 valence electrons. The second-order valence-electron chi connectivity index (χ2n) is 11.7. The van der Waals surface area contributed by atoms with Gasteiger partial charge in [0, 0.05) is 42.4 Å². The Kier molecular flexibility index (Phi) is 7.83. The molecular formula is C29H35N9O4S. The van der Waals surface area contributed by atoms with Gasteiger partial charge >= 0.3 is 0 Å². The van der Waals surface area contributed by atoms with Gasteiger partial charge in [-0.2, -0.15) is 9.19 Å². The lowest BCUT2D eigenvalue weighted by molar-refractivity contribution is 0.0734. The number of hydrogen-bond acceptors (Lipinski definition) is 12. The van der Waals surface area contributed by atoms with E-state index in [4.69, 9.17) is 0 Å². The first kappa shape index (κ1) is 29.1. The predicted octanol–water partition coefficient (Wildman–Crippen LogP) is 3.47. The van der Waals surface area contributed by atoms with Crippen LogP contribution < -0.4 is 10.6 Å². The van der Waals surface area contributed by atoms with Gasteiger partial charge in [0.2, 0.25) is 0 Å². The van der Waals surface area contributed by atoms with E-state index in [9.17, 15) is 18.6 Å². The average Bonchev–Trinajstić information content (AvgIpc) is 3.74. The molecule has 0 amide bonds. The summed E-state index contributed by atoms with van der Waals surface area (Å²) in [7, 11) is -3.49. The zero-order valence-corrected chi connectivity index (χ0v) is 24.9. The van der Waals surface area contributed by atoms with E-state index in [0.29, 0.717) is 53.2 Å². The van der Waals surface area contributed by atoms with Crippen LogP contribution in [0.5, 0.6) is 0 Å². The lowest BCUT2D eigenvalue weighted by atomic mass is 9.86. The monoisotopic (exact) mass is 605 g/mol. The standard InChI is InChI=1S/C29H35N9O4S/c1-29(2,40)25-15-31-24(14-32-25)22-13-33-27(11-23(22)35-20-5-3-18(17-39)4-6-20)36-26-9-10-30-28(37-26)19-12-34-38(16-19)43(41,42)21-7-8-21/h9-16,18,20-21,39-40H,3-8,17H2,1-2H3,(H2,30,33,35,36,37). The van der Waals surface area contributed by atoms with Gasteiger partial charge in [-0.3, -0.25) is 9.97 Å². The van der Waals surface area contributed by atoms with Gasteiger partial charge in [0.25, 0.3) is 10.0 Å². The van der Waals surface area contributed by atoms with Crippen molar-refractivity contribution in [2.24, 2.45) is 5.92 Å². The molecule has 2 saturated carbocycles. The molecule has 2 aliphatic carbocycles. The molecule has 0 aromatic carbocycles. The second-order valence-corrected chi connectivity index (χ2v) is 13.8. The average molecular weight is 606 g/mol. The van der Waals surface area contributed by atoms with Crippen molar-refractivity contribution in [3.8, 4) is 22.6 Å². The van der Waals surface area contributed by atoms with Crippen LogP contribution in [0.15, 0.2) is 49.3 Å². The summed E-state index contributed by atoms with van der Waals surface area (Å²) in [4.78, 5) is 22.5. The summed E-state index contributed by atoms with van der Waals surface area (Å²) in [6, 6.07) is 3.81. The van der Waals surface area contributed by atoms with E-state index < -0.39 is 15.6 Å². The van der Waals surface area contributed by atoms with Crippen molar-refractivity contribution in [1.82, 2.24) is 34.1 Å². The third-order valence-corrected chi connectivity index (χ3v) is 9.89. The van der Waals surface area contributed by atoms with E-state index >= 15 is 0 Å². The highest BCUT2D eigenvalue weighted by Crippen LogP contribution is 2.34. The maximum atomic E-state index is 12.5. The second kappa shape index (κ2) is 11.6. The molecule has 0 aliphatic heterocycles. The number of nitrogens with one attached hydrogen (secondary N) is 2. The summed E-state index contributed by atoms with van der Waals surface area (Å²) in [5.74, 6) is 1.68. The Bertz CT molecular complexity index is 1690. The molecule has 4 aromatic heterocycles. The Morgan fingerprint density at radius 2 is 1.77 bits per heavy atom. The number of aromatic nitrogens is 7. The fourth-order valence-electron chi connectivity index (χ4n) is 5.12. The SMILES string of the molecule is CC(C)(O)c1cnc(-c2cnc(Nc3ccnc(-c4cnn(S(=O)(=O)C5CC5)c4)n3)cc2NC2CCC(CO)CC2)cn1. The molecule has 14 heteroatoms. The smallest absolute Gasteiger partial charge is 0.256 e. The van der Waals surface area contributed by atoms with Gasteiger partial charge in [-0.05, 0) is 64.4 Å². The molecule has 2 aliphatic rings. The van der Waals surface area contributed by atoms with Gasteiger partial charge in [-0.1, -0.05) is 0 Å². The van der Waals surface area contributed by atoms with Crippen molar-refractivity contribution >= 4 is 27.3 Å². The van der Waals surface area contributed by atoms with Crippen molar-refractivity contribution in [3.63, 3.8) is 0 Å². The minimum atomic E-state index is -3.49. The van der Waals surface area contributed by atoms with Crippen molar-refractivity contribution in [2.45, 2.75) is 69.3 Å². The summed E-state index contributed by atoms with van der Waals surface area (Å²) in [5.41, 5.74) is 2.04. The highest BCUT2D eigenvalue weighted by Gasteiger charge is 2.37. The molecule has 0 bridgehead atoms. The predicted molar refractivity (Wildman–Crippen MR) is 161 cm³/mol. The van der Waals surface area contributed by atoms with Crippen molar-refractivity contribution in [3.05, 3.63) is 55.0 Å². The van der Waals surface area contributed by atoms with E-state index in [2.05, 4.69) is 40.7 Å². The maximum Gasteiger partial charge on any atom is 0.256 e. The molecule has 0 saturated heterocycles. The zero-order chi connectivity index (χ0) is 30.2. The van der Waals surface area contributed by atoms with Crippen LogP contribution in [0.2, 0.25) is 0 Å². The molecule has 0 unspecified atom stereocenters. The molecule has 4 heterocycles. The highest BCUT2D eigenvalue weighted by atomic mass is 32.2. The molecule has 2 fully saturated rings. The number of pyridine rings is 1. The quantitative estimate of drug-likeness (QED) is 0.207. The first-order valence-corrected chi connectivity index (χ1v) is 15.9. The van der Waals surface area contributed by atoms with E-state index in [0.717, 1.165) is 41.0 Å². The Morgan fingerprint density at radius 1 is 0.977 bits per heavy atom. The van der Waals surface area contributed by atoms with Gasteiger partial charge < -0.3 is 20.8 Å². The summed E-state index contributed by atoms with van der Waals surface area (Å²) in [6.45, 7) is 3.53. The molecule has 0 spiro atoms. The Balaban J connectivity index is 1.26. The molecule has 13 nitrogen and oxygen atoms in total. The minimum Gasteiger partial charge on any atom is -0.396 e. The van der Waals surface area contributed by atoms with E-state index in [1.165, 1.54) is 12.4 Å². The van der Waals surface area contributed by atoms with Gasteiger partial charge in [-0.15, -0.1) is 0 Å². The summed E-state index contributed by atoms with van der Waals surface area (Å²) >= 11 is 0. The number of anilines is 3. The van der Waals surface area contributed by atoms with Crippen LogP contribution in [-0.4, -0.2) is 70.6 Å². The molecule has 0 atom stereocenters. The molecule has 4 aromatic rings. The zero-order valence-electron chi connectivity index (χ0n) is 24.1. The molecular weight excluding hydrogens is 570 g/mol. The lowest BCUT2D eigenvalue weighted by Gasteiger charge is -2.29. The van der Waals surface area contributed by atoms with Gasteiger partial charge in [0.05, 0.1) is 47.0 Å². The number of aliphatic hydroxyl groups excluding tert-OH is 1. The van der Waals surface area contributed by atoms with Crippen LogP contribution in [0.4, 0.5) is 17.3 Å². The summed E-state index contributed by atoms with van der Waals surface area (Å²) in [6.07, 6.45) is 14.4. The topological polar surface area (TPSA) is 181 Å². The minimum absolute atomic E-state index is 0.211. The third-order valence-electron chi connectivity index (χ3n) is 7.86. The Morgan fingerprint density at radius 3 is 2.44 bits per heavy atom. The van der Waals surface area contributed by atoms with E-state index in [1.54, 1.807) is 44.7 Å². The Labute approximate surface area is 249 Å². The van der Waals surface area contributed by atoms with Gasteiger partial charge in [0.1, 0.15) is 17.2 Å². The molecule has 6 rings (SSSR count). The highest BCUT2D eigenvalue weighted by molar-refractivity contribution is 7.90. The van der Waals surface area contributed by atoms with Crippen LogP contribution >= 0.6 is 0 Å².